The first-order chi connectivity index (χ1) is 22.6. The van der Waals surface area contributed by atoms with Crippen molar-refractivity contribution < 1.29 is 22.7 Å². The molecule has 0 aromatic heterocycles. The van der Waals surface area contributed by atoms with E-state index in [0.29, 0.717) is 10.8 Å². The van der Waals surface area contributed by atoms with Gasteiger partial charge in [-0.2, -0.15) is 0 Å². The summed E-state index contributed by atoms with van der Waals surface area (Å²) < 4.78 is 34.7. The Balaban J connectivity index is 1.55. The Hall–Kier alpha value is -4.34. The average Bonchev–Trinajstić information content (AvgIpc) is 3.60. The van der Waals surface area contributed by atoms with Crippen molar-refractivity contribution in [2.75, 3.05) is 18.0 Å². The van der Waals surface area contributed by atoms with E-state index in [9.17, 15) is 18.0 Å². The molecule has 0 unspecified atom stereocenters. The molecule has 4 aromatic carbocycles. The van der Waals surface area contributed by atoms with Gasteiger partial charge in [-0.05, 0) is 79.4 Å². The Morgan fingerprint density at radius 3 is 2.13 bits per heavy atom. The van der Waals surface area contributed by atoms with Gasteiger partial charge in [0.15, 0.2) is 0 Å². The van der Waals surface area contributed by atoms with Crippen molar-refractivity contribution in [2.45, 2.75) is 62.6 Å². The highest BCUT2D eigenvalue weighted by Crippen LogP contribution is 2.28. The zero-order chi connectivity index (χ0) is 33.4. The van der Waals surface area contributed by atoms with Crippen LogP contribution in [-0.4, -0.2) is 50.9 Å². The number of anilines is 1. The number of methoxy groups -OCH3 is 1. The zero-order valence-electron chi connectivity index (χ0n) is 26.6. The van der Waals surface area contributed by atoms with Crippen LogP contribution < -0.4 is 14.4 Å². The predicted octanol–water partition coefficient (Wildman–Crippen LogP) is 6.55. The van der Waals surface area contributed by atoms with Gasteiger partial charge in [-0.1, -0.05) is 84.6 Å². The number of hydrogen-bond acceptors (Lipinski definition) is 5. The maximum atomic E-state index is 14.6. The van der Waals surface area contributed by atoms with Gasteiger partial charge in [-0.3, -0.25) is 13.9 Å². The molecule has 2 amide bonds. The summed E-state index contributed by atoms with van der Waals surface area (Å²) in [4.78, 5) is 30.2. The minimum absolute atomic E-state index is 0.00838. The van der Waals surface area contributed by atoms with Gasteiger partial charge in [0.2, 0.25) is 11.8 Å². The van der Waals surface area contributed by atoms with E-state index in [1.807, 2.05) is 61.5 Å². The molecule has 0 aliphatic heterocycles. The Kier molecular flexibility index (Phi) is 11.2. The Morgan fingerprint density at radius 2 is 1.51 bits per heavy atom. The van der Waals surface area contributed by atoms with Gasteiger partial charge in [0.25, 0.3) is 10.0 Å². The summed E-state index contributed by atoms with van der Waals surface area (Å²) in [5.74, 6) is -0.267. The van der Waals surface area contributed by atoms with E-state index < -0.39 is 28.5 Å². The van der Waals surface area contributed by atoms with E-state index in [1.54, 1.807) is 36.4 Å². The van der Waals surface area contributed by atoms with Crippen LogP contribution in [0.2, 0.25) is 5.02 Å². The van der Waals surface area contributed by atoms with E-state index in [1.165, 1.54) is 24.1 Å². The maximum absolute atomic E-state index is 14.6. The van der Waals surface area contributed by atoms with Crippen LogP contribution in [0.15, 0.2) is 108 Å². The van der Waals surface area contributed by atoms with Crippen molar-refractivity contribution in [3.8, 4) is 5.75 Å². The van der Waals surface area contributed by atoms with Crippen molar-refractivity contribution in [1.82, 2.24) is 10.2 Å². The van der Waals surface area contributed by atoms with E-state index in [2.05, 4.69) is 5.32 Å². The van der Waals surface area contributed by atoms with Crippen LogP contribution in [0, 0.1) is 6.92 Å². The number of ether oxygens (including phenoxy) is 1. The lowest BCUT2D eigenvalue weighted by molar-refractivity contribution is -0.140. The standard InChI is InChI=1S/C37H40ClN3O5S/c1-27-12-14-29(15-13-27)25-40(35(24-28-8-4-3-5-9-28)37(43)39-31-10-6-7-11-31)36(42)26-41(32-18-16-30(38)17-19-32)47(44,45)34-22-20-33(46-2)21-23-34/h3-5,8-9,12-23,31,35H,6-7,10-11,24-26H2,1-2H3,(H,39,43)/t35-/m0/s1. The summed E-state index contributed by atoms with van der Waals surface area (Å²) in [5, 5.41) is 3.62. The first-order valence-electron chi connectivity index (χ1n) is 15.8. The third kappa shape index (κ3) is 8.73. The van der Waals surface area contributed by atoms with Gasteiger partial charge in [-0.25, -0.2) is 8.42 Å². The molecule has 0 saturated heterocycles. The topological polar surface area (TPSA) is 96.0 Å². The number of hydrogen-bond donors (Lipinski definition) is 1. The Bertz CT molecular complexity index is 1740. The van der Waals surface area contributed by atoms with Gasteiger partial charge >= 0.3 is 0 Å². The summed E-state index contributed by atoms with van der Waals surface area (Å²) in [7, 11) is -2.74. The van der Waals surface area contributed by atoms with Crippen molar-refractivity contribution in [1.29, 1.82) is 0 Å². The minimum Gasteiger partial charge on any atom is -0.497 e. The molecular formula is C37H40ClN3O5S. The molecule has 47 heavy (non-hydrogen) atoms. The SMILES string of the molecule is COc1ccc(S(=O)(=O)N(CC(=O)N(Cc2ccc(C)cc2)[C@@H](Cc2ccccc2)C(=O)NC2CCCC2)c2ccc(Cl)cc2)cc1. The molecule has 1 atom stereocenters. The quantitative estimate of drug-likeness (QED) is 0.174. The normalized spacial score (nSPS) is 13.9. The van der Waals surface area contributed by atoms with Crippen LogP contribution in [-0.2, 0) is 32.6 Å². The second-order valence-electron chi connectivity index (χ2n) is 11.9. The average molecular weight is 674 g/mol. The molecule has 1 aliphatic carbocycles. The number of aryl methyl sites for hydroxylation is 1. The van der Waals surface area contributed by atoms with E-state index >= 15 is 0 Å². The highest BCUT2D eigenvalue weighted by molar-refractivity contribution is 7.92. The van der Waals surface area contributed by atoms with E-state index in [-0.39, 0.29) is 35.5 Å². The number of nitrogens with zero attached hydrogens (tertiary/aromatic N) is 2. The van der Waals surface area contributed by atoms with Crippen molar-refractivity contribution in [3.05, 3.63) is 125 Å². The molecule has 0 spiro atoms. The molecule has 4 aromatic rings. The summed E-state index contributed by atoms with van der Waals surface area (Å²) in [6, 6.07) is 28.8. The third-order valence-electron chi connectivity index (χ3n) is 8.49. The Morgan fingerprint density at radius 1 is 0.872 bits per heavy atom. The molecule has 5 rings (SSSR count). The molecule has 1 saturated carbocycles. The predicted molar refractivity (Wildman–Crippen MR) is 185 cm³/mol. The van der Waals surface area contributed by atoms with Crippen molar-refractivity contribution >= 4 is 39.1 Å². The van der Waals surface area contributed by atoms with Crippen LogP contribution in [0.4, 0.5) is 5.69 Å². The third-order valence-corrected chi connectivity index (χ3v) is 10.5. The molecule has 246 valence electrons. The van der Waals surface area contributed by atoms with Gasteiger partial charge in [-0.15, -0.1) is 0 Å². The van der Waals surface area contributed by atoms with Gasteiger partial charge in [0.1, 0.15) is 18.3 Å². The fourth-order valence-corrected chi connectivity index (χ4v) is 7.36. The fraction of sp³-hybridized carbons (Fsp3) is 0.297. The van der Waals surface area contributed by atoms with Gasteiger partial charge < -0.3 is 15.0 Å². The monoisotopic (exact) mass is 673 g/mol. The maximum Gasteiger partial charge on any atom is 0.264 e. The highest BCUT2D eigenvalue weighted by atomic mass is 35.5. The molecule has 0 bridgehead atoms. The van der Waals surface area contributed by atoms with Gasteiger partial charge in [0, 0.05) is 24.0 Å². The molecule has 1 N–H and O–H groups in total. The van der Waals surface area contributed by atoms with Gasteiger partial charge in [0.05, 0.1) is 17.7 Å². The van der Waals surface area contributed by atoms with E-state index in [4.69, 9.17) is 16.3 Å². The second kappa shape index (κ2) is 15.5. The number of nitrogens with one attached hydrogen (secondary N) is 1. The number of carbonyl (C=O) groups is 2. The van der Waals surface area contributed by atoms with Crippen LogP contribution in [0.25, 0.3) is 0 Å². The fourth-order valence-electron chi connectivity index (χ4n) is 5.82. The second-order valence-corrected chi connectivity index (χ2v) is 14.2. The highest BCUT2D eigenvalue weighted by Gasteiger charge is 2.35. The number of sulfonamides is 1. The van der Waals surface area contributed by atoms with Crippen LogP contribution >= 0.6 is 11.6 Å². The molecule has 1 aliphatic rings. The molecule has 8 nitrogen and oxygen atoms in total. The van der Waals surface area contributed by atoms with Crippen molar-refractivity contribution in [2.24, 2.45) is 0 Å². The number of rotatable bonds is 13. The largest absolute Gasteiger partial charge is 0.497 e. The first kappa shape index (κ1) is 34.0. The first-order valence-corrected chi connectivity index (χ1v) is 17.6. The lowest BCUT2D eigenvalue weighted by atomic mass is 10.0. The molecule has 1 fully saturated rings. The lowest BCUT2D eigenvalue weighted by Gasteiger charge is -2.34. The molecular weight excluding hydrogens is 634 g/mol. The summed E-state index contributed by atoms with van der Waals surface area (Å²) >= 11 is 6.16. The Labute approximate surface area is 282 Å². The van der Waals surface area contributed by atoms with E-state index in [0.717, 1.165) is 46.7 Å². The van der Waals surface area contributed by atoms with Crippen LogP contribution in [0.3, 0.4) is 0 Å². The smallest absolute Gasteiger partial charge is 0.264 e. The number of halogens is 1. The molecule has 10 heteroatoms. The zero-order valence-corrected chi connectivity index (χ0v) is 28.2. The number of amides is 2. The minimum atomic E-state index is -4.24. The number of carbonyl (C=O) groups excluding carboxylic acids is 2. The lowest BCUT2D eigenvalue weighted by Crippen LogP contribution is -2.54. The molecule has 0 heterocycles. The summed E-state index contributed by atoms with van der Waals surface area (Å²) in [6.45, 7) is 1.56. The van der Waals surface area contributed by atoms with Crippen molar-refractivity contribution in [3.63, 3.8) is 0 Å². The summed E-state index contributed by atoms with van der Waals surface area (Å²) in [5.41, 5.74) is 3.04. The molecule has 0 radical (unpaired) electrons. The van der Waals surface area contributed by atoms with Crippen LogP contribution in [0.1, 0.15) is 42.4 Å². The number of benzene rings is 4. The van der Waals surface area contributed by atoms with Crippen LogP contribution in [0.5, 0.6) is 5.75 Å². The summed E-state index contributed by atoms with van der Waals surface area (Å²) in [6.07, 6.45) is 4.13.